The number of benzene rings is 2. The molecule has 1 aliphatic rings. The summed E-state index contributed by atoms with van der Waals surface area (Å²) in [6.07, 6.45) is 5.02. The van der Waals surface area contributed by atoms with Gasteiger partial charge in [0.1, 0.15) is 5.75 Å². The predicted molar refractivity (Wildman–Crippen MR) is 129 cm³/mol. The van der Waals surface area contributed by atoms with E-state index < -0.39 is 11.2 Å². The second-order valence-corrected chi connectivity index (χ2v) is 9.65. The molecule has 1 atom stereocenters. The summed E-state index contributed by atoms with van der Waals surface area (Å²) in [7, 11) is 0. The highest BCUT2D eigenvalue weighted by molar-refractivity contribution is 7.96. The number of carbonyl (C=O) groups excluding carboxylic acids is 2. The van der Waals surface area contributed by atoms with Gasteiger partial charge in [-0.25, -0.2) is 0 Å². The van der Waals surface area contributed by atoms with Crippen molar-refractivity contribution in [2.75, 3.05) is 5.32 Å². The van der Waals surface area contributed by atoms with E-state index in [1.807, 2.05) is 18.2 Å². The minimum atomic E-state index is -0.951. The summed E-state index contributed by atoms with van der Waals surface area (Å²) in [5.41, 5.74) is 0.806. The highest BCUT2D eigenvalue weighted by Crippen LogP contribution is 2.43. The van der Waals surface area contributed by atoms with Crippen LogP contribution >= 0.6 is 24.2 Å². The number of carbonyl (C=O) groups is 2. The molecule has 0 aliphatic heterocycles. The molecular weight excluding hydrogens is 430 g/mol. The number of thiol groups is 1. The van der Waals surface area contributed by atoms with Gasteiger partial charge >= 0.3 is 0 Å². The molecule has 0 saturated heterocycles. The maximum absolute atomic E-state index is 13.5. The van der Waals surface area contributed by atoms with Crippen molar-refractivity contribution in [1.82, 2.24) is 0 Å². The van der Waals surface area contributed by atoms with Crippen LogP contribution in [0.4, 0.5) is 5.69 Å². The smallest absolute Gasteiger partial charge is 0.231 e. The SMILES string of the molecule is CC(C)CC1(C(=O)Nc2ccccc2[C@H](Oc2ccc(Cl)cc2)C(=O)S)CCCCC1. The van der Waals surface area contributed by atoms with Crippen LogP contribution in [0.3, 0.4) is 0 Å². The van der Waals surface area contributed by atoms with Gasteiger partial charge in [0, 0.05) is 21.7 Å². The van der Waals surface area contributed by atoms with Gasteiger partial charge in [-0.1, -0.05) is 62.9 Å². The van der Waals surface area contributed by atoms with Crippen LogP contribution < -0.4 is 10.1 Å². The van der Waals surface area contributed by atoms with Crippen molar-refractivity contribution in [3.8, 4) is 5.75 Å². The summed E-state index contributed by atoms with van der Waals surface area (Å²) in [6.45, 7) is 4.32. The average molecular weight is 460 g/mol. The van der Waals surface area contributed by atoms with Crippen molar-refractivity contribution in [3.05, 3.63) is 59.1 Å². The molecule has 2 aromatic carbocycles. The van der Waals surface area contributed by atoms with E-state index >= 15 is 0 Å². The van der Waals surface area contributed by atoms with Gasteiger partial charge in [0.2, 0.25) is 11.0 Å². The molecule has 1 N–H and O–H groups in total. The third-order valence-electron chi connectivity index (χ3n) is 5.87. The Labute approximate surface area is 195 Å². The van der Waals surface area contributed by atoms with Gasteiger partial charge in [-0.3, -0.25) is 9.59 Å². The minimum absolute atomic E-state index is 0.0326. The Morgan fingerprint density at radius 1 is 1.06 bits per heavy atom. The van der Waals surface area contributed by atoms with E-state index in [1.165, 1.54) is 6.42 Å². The highest BCUT2D eigenvalue weighted by Gasteiger charge is 2.40. The average Bonchev–Trinajstić information content (AvgIpc) is 2.74. The first kappa shape index (κ1) is 23.7. The van der Waals surface area contributed by atoms with Crippen molar-refractivity contribution >= 4 is 40.9 Å². The molecule has 1 fully saturated rings. The molecule has 31 heavy (non-hydrogen) atoms. The maximum atomic E-state index is 13.5. The Hall–Kier alpha value is -1.98. The van der Waals surface area contributed by atoms with Crippen LogP contribution in [-0.2, 0) is 9.59 Å². The lowest BCUT2D eigenvalue weighted by Gasteiger charge is -2.37. The molecule has 0 spiro atoms. The molecule has 3 rings (SSSR count). The molecule has 0 unspecified atom stereocenters. The van der Waals surface area contributed by atoms with Gasteiger partial charge in [-0.05, 0) is 55.5 Å². The van der Waals surface area contributed by atoms with Crippen LogP contribution in [0.1, 0.15) is 64.0 Å². The van der Waals surface area contributed by atoms with Crippen LogP contribution in [-0.4, -0.2) is 11.0 Å². The topological polar surface area (TPSA) is 55.4 Å². The van der Waals surface area contributed by atoms with E-state index in [4.69, 9.17) is 16.3 Å². The van der Waals surface area contributed by atoms with Crippen molar-refractivity contribution in [3.63, 3.8) is 0 Å². The van der Waals surface area contributed by atoms with Gasteiger partial charge in [0.25, 0.3) is 0 Å². The molecule has 2 aromatic rings. The summed E-state index contributed by atoms with van der Waals surface area (Å²) < 4.78 is 5.94. The van der Waals surface area contributed by atoms with Gasteiger partial charge in [-0.2, -0.15) is 0 Å². The predicted octanol–water partition coefficient (Wildman–Crippen LogP) is 6.85. The fourth-order valence-electron chi connectivity index (χ4n) is 4.52. The number of amides is 1. The fraction of sp³-hybridized carbons (Fsp3) is 0.440. The normalized spacial score (nSPS) is 16.5. The number of hydrogen-bond acceptors (Lipinski definition) is 3. The van der Waals surface area contributed by atoms with Gasteiger partial charge < -0.3 is 10.1 Å². The number of nitrogens with one attached hydrogen (secondary N) is 1. The highest BCUT2D eigenvalue weighted by atomic mass is 35.5. The zero-order valence-electron chi connectivity index (χ0n) is 18.1. The van der Waals surface area contributed by atoms with E-state index in [0.717, 1.165) is 32.1 Å². The Balaban J connectivity index is 1.87. The van der Waals surface area contributed by atoms with Crippen LogP contribution in [0.25, 0.3) is 0 Å². The second kappa shape index (κ2) is 10.6. The zero-order valence-corrected chi connectivity index (χ0v) is 19.7. The monoisotopic (exact) mass is 459 g/mol. The quantitative estimate of drug-likeness (QED) is 0.424. The lowest BCUT2D eigenvalue weighted by Crippen LogP contribution is -2.39. The zero-order chi connectivity index (χ0) is 22.4. The first-order valence-corrected chi connectivity index (χ1v) is 11.7. The molecule has 1 aliphatic carbocycles. The first-order chi connectivity index (χ1) is 14.8. The molecule has 4 nitrogen and oxygen atoms in total. The Morgan fingerprint density at radius 3 is 2.32 bits per heavy atom. The molecule has 0 heterocycles. The molecular formula is C25H30ClNO3S. The summed E-state index contributed by atoms with van der Waals surface area (Å²) >= 11 is 10.0. The van der Waals surface area contributed by atoms with Crippen LogP contribution in [0.15, 0.2) is 48.5 Å². The van der Waals surface area contributed by atoms with Crippen molar-refractivity contribution < 1.29 is 14.3 Å². The minimum Gasteiger partial charge on any atom is -0.477 e. The molecule has 1 saturated carbocycles. The van der Waals surface area contributed by atoms with Gasteiger partial charge in [-0.15, -0.1) is 12.6 Å². The van der Waals surface area contributed by atoms with E-state index in [2.05, 4.69) is 31.8 Å². The molecule has 0 radical (unpaired) electrons. The molecule has 0 bridgehead atoms. The molecule has 1 amide bonds. The summed E-state index contributed by atoms with van der Waals surface area (Å²) in [6, 6.07) is 14.1. The first-order valence-electron chi connectivity index (χ1n) is 10.9. The standard InChI is InChI=1S/C25H30ClNO3S/c1-17(2)16-25(14-6-3-7-15-25)24(29)27-21-9-5-4-8-20(21)22(23(28)31)30-19-12-10-18(26)11-13-19/h4-5,8-13,17,22H,3,6-7,14-16H2,1-2H3,(H,27,29)(H,28,31)/t22-/m0/s1. The lowest BCUT2D eigenvalue weighted by molar-refractivity contribution is -0.128. The number of rotatable bonds is 8. The van der Waals surface area contributed by atoms with E-state index in [1.54, 1.807) is 30.3 Å². The van der Waals surface area contributed by atoms with Crippen LogP contribution in [0, 0.1) is 11.3 Å². The van der Waals surface area contributed by atoms with Crippen molar-refractivity contribution in [2.24, 2.45) is 11.3 Å². The lowest BCUT2D eigenvalue weighted by atomic mass is 9.68. The van der Waals surface area contributed by atoms with Gasteiger partial charge in [0.05, 0.1) is 0 Å². The molecule has 6 heteroatoms. The van der Waals surface area contributed by atoms with Gasteiger partial charge in [0.15, 0.2) is 6.10 Å². The summed E-state index contributed by atoms with van der Waals surface area (Å²) in [5.74, 6) is 0.964. The van der Waals surface area contributed by atoms with E-state index in [0.29, 0.717) is 27.9 Å². The summed E-state index contributed by atoms with van der Waals surface area (Å²) in [4.78, 5) is 25.9. The molecule has 166 valence electrons. The Bertz CT molecular complexity index is 907. The van der Waals surface area contributed by atoms with Crippen molar-refractivity contribution in [2.45, 2.75) is 58.5 Å². The third kappa shape index (κ3) is 6.05. The molecule has 0 aromatic heterocycles. The fourth-order valence-corrected chi connectivity index (χ4v) is 4.84. The Kier molecular flexibility index (Phi) is 8.06. The van der Waals surface area contributed by atoms with Crippen molar-refractivity contribution in [1.29, 1.82) is 0 Å². The number of halogens is 1. The summed E-state index contributed by atoms with van der Waals surface area (Å²) in [5, 5.41) is 3.27. The third-order valence-corrected chi connectivity index (χ3v) is 6.36. The number of ether oxygens (including phenoxy) is 1. The van der Waals surface area contributed by atoms with E-state index in [-0.39, 0.29) is 11.3 Å². The number of hydrogen-bond donors (Lipinski definition) is 2. The largest absolute Gasteiger partial charge is 0.477 e. The number of para-hydroxylation sites is 1. The second-order valence-electron chi connectivity index (χ2n) is 8.77. The van der Waals surface area contributed by atoms with Crippen LogP contribution in [0.2, 0.25) is 5.02 Å². The maximum Gasteiger partial charge on any atom is 0.231 e. The van der Waals surface area contributed by atoms with Crippen LogP contribution in [0.5, 0.6) is 5.75 Å². The van der Waals surface area contributed by atoms with E-state index in [9.17, 15) is 9.59 Å². The number of anilines is 1. The Morgan fingerprint density at radius 2 is 1.71 bits per heavy atom.